The molecule has 0 radical (unpaired) electrons. The first-order chi connectivity index (χ1) is 5.84. The van der Waals surface area contributed by atoms with Crippen molar-refractivity contribution in [1.82, 2.24) is 0 Å². The third-order valence-electron chi connectivity index (χ3n) is 2.28. The molecule has 0 amide bonds. The van der Waals surface area contributed by atoms with Gasteiger partial charge in [0.25, 0.3) is 0 Å². The van der Waals surface area contributed by atoms with E-state index in [0.717, 1.165) is 5.76 Å². The maximum Gasteiger partial charge on any atom is 0.110 e. The van der Waals surface area contributed by atoms with Gasteiger partial charge in [-0.1, -0.05) is 34.6 Å². The van der Waals surface area contributed by atoms with E-state index < -0.39 is 0 Å². The second-order valence-electron chi connectivity index (χ2n) is 5.06. The van der Waals surface area contributed by atoms with E-state index in [-0.39, 0.29) is 5.41 Å². The molecule has 0 spiro atoms. The maximum atomic E-state index is 5.58. The van der Waals surface area contributed by atoms with E-state index in [1.54, 1.807) is 0 Å². The summed E-state index contributed by atoms with van der Waals surface area (Å²) in [6.45, 7) is 13.2. The molecule has 1 nitrogen and oxygen atoms in total. The van der Waals surface area contributed by atoms with Crippen LogP contribution < -0.4 is 0 Å². The topological polar surface area (TPSA) is 13.1 Å². The Morgan fingerprint density at radius 3 is 2.08 bits per heavy atom. The average Bonchev–Trinajstić information content (AvgIpc) is 2.28. The minimum absolute atomic E-state index is 0.191. The van der Waals surface area contributed by atoms with Crippen LogP contribution in [-0.4, -0.2) is 0 Å². The zero-order valence-corrected chi connectivity index (χ0v) is 9.56. The minimum Gasteiger partial charge on any atom is -0.468 e. The Labute approximate surface area is 81.1 Å². The van der Waals surface area contributed by atoms with Crippen molar-refractivity contribution in [2.45, 2.75) is 52.9 Å². The Hall–Kier alpha value is -0.720. The Balaban J connectivity index is 3.25. The highest BCUT2D eigenvalue weighted by Gasteiger charge is 2.24. The van der Waals surface area contributed by atoms with Crippen LogP contribution in [-0.2, 0) is 5.41 Å². The first-order valence-corrected chi connectivity index (χ1v) is 4.92. The Bertz CT molecular complexity index is 287. The monoisotopic (exact) mass is 180 g/mol. The van der Waals surface area contributed by atoms with Crippen molar-refractivity contribution < 1.29 is 4.42 Å². The van der Waals surface area contributed by atoms with Gasteiger partial charge >= 0.3 is 0 Å². The number of furan rings is 1. The highest BCUT2D eigenvalue weighted by Crippen LogP contribution is 2.34. The summed E-state index contributed by atoms with van der Waals surface area (Å²) in [5.41, 5.74) is 2.84. The summed E-state index contributed by atoms with van der Waals surface area (Å²) < 4.78 is 5.58. The molecule has 0 fully saturated rings. The first kappa shape index (κ1) is 10.4. The summed E-state index contributed by atoms with van der Waals surface area (Å²) in [6, 6.07) is 0. The molecule has 0 N–H and O–H groups in total. The lowest BCUT2D eigenvalue weighted by atomic mass is 9.83. The second kappa shape index (κ2) is 3.21. The van der Waals surface area contributed by atoms with Gasteiger partial charge in [-0.3, -0.25) is 0 Å². The predicted octanol–water partition coefficient (Wildman–Crippen LogP) is 4.01. The summed E-state index contributed by atoms with van der Waals surface area (Å²) in [7, 11) is 0. The molecule has 0 atom stereocenters. The normalized spacial score (nSPS) is 12.5. The fourth-order valence-corrected chi connectivity index (χ4v) is 1.85. The number of hydrogen-bond acceptors (Lipinski definition) is 1. The molecule has 0 bridgehead atoms. The fraction of sp³-hybridized carbons (Fsp3) is 0.667. The Morgan fingerprint density at radius 1 is 1.23 bits per heavy atom. The van der Waals surface area contributed by atoms with E-state index in [4.69, 9.17) is 4.42 Å². The molecule has 1 rings (SSSR count). The van der Waals surface area contributed by atoms with E-state index in [1.165, 1.54) is 11.1 Å². The smallest absolute Gasteiger partial charge is 0.110 e. The second-order valence-corrected chi connectivity index (χ2v) is 5.06. The predicted molar refractivity (Wildman–Crippen MR) is 56.2 cm³/mol. The van der Waals surface area contributed by atoms with Gasteiger partial charge in [-0.25, -0.2) is 0 Å². The molecular weight excluding hydrogens is 160 g/mol. The van der Waals surface area contributed by atoms with Gasteiger partial charge in [0.05, 0.1) is 6.26 Å². The van der Waals surface area contributed by atoms with Gasteiger partial charge in [-0.2, -0.15) is 0 Å². The largest absolute Gasteiger partial charge is 0.468 e. The Morgan fingerprint density at radius 2 is 1.77 bits per heavy atom. The standard InChI is InChI=1S/C12H20O/c1-8(2)11-10(12(4,5)6)9(3)7-13-11/h7-8H,1-6H3. The lowest BCUT2D eigenvalue weighted by Gasteiger charge is -2.21. The van der Waals surface area contributed by atoms with Crippen molar-refractivity contribution in [3.05, 3.63) is 23.2 Å². The van der Waals surface area contributed by atoms with Crippen LogP contribution >= 0.6 is 0 Å². The van der Waals surface area contributed by atoms with Crippen molar-refractivity contribution in [2.24, 2.45) is 0 Å². The average molecular weight is 180 g/mol. The summed E-state index contributed by atoms with van der Waals surface area (Å²) >= 11 is 0. The van der Waals surface area contributed by atoms with Crippen molar-refractivity contribution in [3.63, 3.8) is 0 Å². The molecule has 0 aromatic carbocycles. The van der Waals surface area contributed by atoms with E-state index in [2.05, 4.69) is 41.5 Å². The van der Waals surface area contributed by atoms with Crippen molar-refractivity contribution in [2.75, 3.05) is 0 Å². The maximum absolute atomic E-state index is 5.58. The molecule has 13 heavy (non-hydrogen) atoms. The highest BCUT2D eigenvalue weighted by atomic mass is 16.3. The van der Waals surface area contributed by atoms with Gasteiger partial charge in [0, 0.05) is 11.5 Å². The molecule has 1 heteroatoms. The van der Waals surface area contributed by atoms with Crippen molar-refractivity contribution >= 4 is 0 Å². The number of hydrogen-bond donors (Lipinski definition) is 0. The van der Waals surface area contributed by atoms with Crippen molar-refractivity contribution in [1.29, 1.82) is 0 Å². The van der Waals surface area contributed by atoms with E-state index in [0.29, 0.717) is 5.92 Å². The van der Waals surface area contributed by atoms with Gasteiger partial charge in [-0.05, 0) is 17.9 Å². The zero-order valence-electron chi connectivity index (χ0n) is 9.56. The van der Waals surface area contributed by atoms with Crippen LogP contribution in [0.3, 0.4) is 0 Å². The number of aryl methyl sites for hydroxylation is 1. The van der Waals surface area contributed by atoms with Crippen LogP contribution in [0.4, 0.5) is 0 Å². The van der Waals surface area contributed by atoms with E-state index in [9.17, 15) is 0 Å². The third kappa shape index (κ3) is 1.96. The molecule has 0 aliphatic rings. The van der Waals surface area contributed by atoms with Crippen LogP contribution in [0.1, 0.15) is 57.4 Å². The molecule has 74 valence electrons. The molecule has 1 aromatic heterocycles. The molecule has 0 saturated heterocycles. The van der Waals surface area contributed by atoms with Gasteiger partial charge in [0.1, 0.15) is 5.76 Å². The molecule has 1 aromatic rings. The molecule has 0 saturated carbocycles. The fourth-order valence-electron chi connectivity index (χ4n) is 1.85. The van der Waals surface area contributed by atoms with Crippen LogP contribution in [0.2, 0.25) is 0 Å². The van der Waals surface area contributed by atoms with Gasteiger partial charge < -0.3 is 4.42 Å². The Kier molecular flexibility index (Phi) is 2.56. The minimum atomic E-state index is 0.191. The van der Waals surface area contributed by atoms with Gasteiger partial charge in [-0.15, -0.1) is 0 Å². The van der Waals surface area contributed by atoms with Crippen LogP contribution in [0.25, 0.3) is 0 Å². The molecule has 0 aliphatic carbocycles. The molecule has 0 aliphatic heterocycles. The summed E-state index contributed by atoms with van der Waals surface area (Å²) in [5, 5.41) is 0. The zero-order chi connectivity index (χ0) is 10.2. The molecule has 0 unspecified atom stereocenters. The quantitative estimate of drug-likeness (QED) is 0.636. The van der Waals surface area contributed by atoms with E-state index >= 15 is 0 Å². The lowest BCUT2D eigenvalue weighted by molar-refractivity contribution is 0.463. The van der Waals surface area contributed by atoms with Crippen LogP contribution in [0.15, 0.2) is 10.7 Å². The van der Waals surface area contributed by atoms with Crippen LogP contribution in [0, 0.1) is 6.92 Å². The van der Waals surface area contributed by atoms with Gasteiger partial charge in [0.15, 0.2) is 0 Å². The first-order valence-electron chi connectivity index (χ1n) is 4.92. The third-order valence-corrected chi connectivity index (χ3v) is 2.28. The summed E-state index contributed by atoms with van der Waals surface area (Å²) in [6.07, 6.45) is 1.87. The number of rotatable bonds is 1. The summed E-state index contributed by atoms with van der Waals surface area (Å²) in [5.74, 6) is 1.62. The van der Waals surface area contributed by atoms with E-state index in [1.807, 2.05) is 6.26 Å². The molecule has 1 heterocycles. The SMILES string of the molecule is Cc1coc(C(C)C)c1C(C)(C)C. The van der Waals surface area contributed by atoms with Crippen LogP contribution in [0.5, 0.6) is 0 Å². The highest BCUT2D eigenvalue weighted by molar-refractivity contribution is 5.34. The summed E-state index contributed by atoms with van der Waals surface area (Å²) in [4.78, 5) is 0. The van der Waals surface area contributed by atoms with Crippen molar-refractivity contribution in [3.8, 4) is 0 Å². The van der Waals surface area contributed by atoms with Gasteiger partial charge in [0.2, 0.25) is 0 Å². The molecular formula is C12H20O. The lowest BCUT2D eigenvalue weighted by Crippen LogP contribution is -2.14.